The van der Waals surface area contributed by atoms with Gasteiger partial charge in [0.25, 0.3) is 0 Å². The van der Waals surface area contributed by atoms with Crippen molar-refractivity contribution in [1.29, 1.82) is 0 Å². The zero-order valence-corrected chi connectivity index (χ0v) is 14.9. The van der Waals surface area contributed by atoms with Gasteiger partial charge in [0.15, 0.2) is 5.96 Å². The third-order valence-corrected chi connectivity index (χ3v) is 2.92. The number of benzene rings is 1. The molecule has 0 aliphatic carbocycles. The summed E-state index contributed by atoms with van der Waals surface area (Å²) in [5.74, 6) is 0.481. The molecule has 0 radical (unpaired) electrons. The van der Waals surface area contributed by atoms with E-state index in [4.69, 9.17) is 10.5 Å². The number of nitrogens with zero attached hydrogens (tertiary/aromatic N) is 1. The van der Waals surface area contributed by atoms with Gasteiger partial charge >= 0.3 is 0 Å². The largest absolute Gasteiger partial charge is 0.383 e. The first-order valence-electron chi connectivity index (χ1n) is 6.79. The van der Waals surface area contributed by atoms with Crippen LogP contribution in [0.2, 0.25) is 0 Å². The summed E-state index contributed by atoms with van der Waals surface area (Å²) in [7, 11) is 1.67. The monoisotopic (exact) mass is 391 g/mol. The first-order valence-corrected chi connectivity index (χ1v) is 6.79. The Kier molecular flexibility index (Phi) is 10.5. The maximum Gasteiger partial charge on any atom is 0.188 e. The Bertz CT molecular complexity index is 393. The highest BCUT2D eigenvalue weighted by Gasteiger charge is 2.01. The van der Waals surface area contributed by atoms with Crippen molar-refractivity contribution in [3.63, 3.8) is 0 Å². The number of guanidine groups is 1. The number of halogens is 1. The summed E-state index contributed by atoms with van der Waals surface area (Å²) in [4.78, 5) is 4.31. The summed E-state index contributed by atoms with van der Waals surface area (Å²) in [5, 5.41) is 3.09. The maximum atomic E-state index is 5.80. The Morgan fingerprint density at radius 3 is 2.45 bits per heavy atom. The van der Waals surface area contributed by atoms with Crippen LogP contribution in [0, 0.1) is 0 Å². The molecule has 20 heavy (non-hydrogen) atoms. The molecule has 114 valence electrons. The van der Waals surface area contributed by atoms with E-state index in [1.807, 2.05) is 6.92 Å². The fourth-order valence-corrected chi connectivity index (χ4v) is 1.84. The smallest absolute Gasteiger partial charge is 0.188 e. The van der Waals surface area contributed by atoms with E-state index in [0.717, 1.165) is 12.8 Å². The number of methoxy groups -OCH3 is 1. The second-order valence-corrected chi connectivity index (χ2v) is 4.69. The van der Waals surface area contributed by atoms with Gasteiger partial charge in [0.1, 0.15) is 0 Å². The summed E-state index contributed by atoms with van der Waals surface area (Å²) in [6, 6.07) is 8.83. The molecular weight excluding hydrogens is 365 g/mol. The number of nitrogens with two attached hydrogens (primary N) is 1. The quantitative estimate of drug-likeness (QED) is 0.426. The van der Waals surface area contributed by atoms with Crippen LogP contribution in [0.3, 0.4) is 0 Å². The van der Waals surface area contributed by atoms with E-state index in [9.17, 15) is 0 Å². The van der Waals surface area contributed by atoms with Crippen LogP contribution in [0.1, 0.15) is 25.0 Å². The van der Waals surface area contributed by atoms with Crippen molar-refractivity contribution in [2.24, 2.45) is 10.7 Å². The fraction of sp³-hybridized carbons (Fsp3) is 0.533. The normalized spacial score (nSPS) is 12.7. The molecular formula is C15H26IN3O. The van der Waals surface area contributed by atoms with E-state index in [2.05, 4.69) is 41.5 Å². The van der Waals surface area contributed by atoms with E-state index in [-0.39, 0.29) is 30.0 Å². The second kappa shape index (κ2) is 10.9. The Hall–Kier alpha value is -0.820. The molecule has 1 aromatic carbocycles. The van der Waals surface area contributed by atoms with Gasteiger partial charge < -0.3 is 15.8 Å². The molecule has 0 bridgehead atoms. The molecule has 0 saturated carbocycles. The Morgan fingerprint density at radius 1 is 1.30 bits per heavy atom. The number of nitrogens with one attached hydrogen (secondary N) is 1. The zero-order chi connectivity index (χ0) is 14.1. The highest BCUT2D eigenvalue weighted by molar-refractivity contribution is 14.0. The Balaban J connectivity index is 0.00000361. The van der Waals surface area contributed by atoms with Crippen LogP contribution < -0.4 is 11.1 Å². The maximum absolute atomic E-state index is 5.80. The van der Waals surface area contributed by atoms with E-state index < -0.39 is 0 Å². The van der Waals surface area contributed by atoms with Gasteiger partial charge in [-0.2, -0.15) is 0 Å². The summed E-state index contributed by atoms with van der Waals surface area (Å²) >= 11 is 0. The van der Waals surface area contributed by atoms with Gasteiger partial charge in [-0.1, -0.05) is 31.2 Å². The summed E-state index contributed by atoms with van der Waals surface area (Å²) < 4.78 is 5.03. The van der Waals surface area contributed by atoms with E-state index >= 15 is 0 Å². The first-order chi connectivity index (χ1) is 9.15. The molecule has 3 N–H and O–H groups in total. The molecule has 0 saturated heterocycles. The van der Waals surface area contributed by atoms with Crippen molar-refractivity contribution < 1.29 is 4.74 Å². The predicted molar refractivity (Wildman–Crippen MR) is 95.9 cm³/mol. The number of aryl methyl sites for hydroxylation is 1. The number of hydrogen-bond donors (Lipinski definition) is 2. The van der Waals surface area contributed by atoms with Crippen molar-refractivity contribution in [3.05, 3.63) is 35.4 Å². The number of hydrogen-bond acceptors (Lipinski definition) is 2. The molecule has 1 aromatic rings. The average Bonchev–Trinajstić information content (AvgIpc) is 2.39. The number of aliphatic imine (C=N–C) groups is 1. The lowest BCUT2D eigenvalue weighted by atomic mass is 10.1. The minimum atomic E-state index is 0. The molecule has 1 unspecified atom stereocenters. The van der Waals surface area contributed by atoms with Gasteiger partial charge in [-0.3, -0.25) is 4.99 Å². The highest BCUT2D eigenvalue weighted by Crippen LogP contribution is 2.05. The van der Waals surface area contributed by atoms with Crippen molar-refractivity contribution in [1.82, 2.24) is 5.32 Å². The molecule has 0 aromatic heterocycles. The lowest BCUT2D eigenvalue weighted by Gasteiger charge is -2.13. The molecule has 0 spiro atoms. The molecule has 0 aliphatic heterocycles. The van der Waals surface area contributed by atoms with Gasteiger partial charge in [0.05, 0.1) is 6.61 Å². The molecule has 1 rings (SSSR count). The van der Waals surface area contributed by atoms with Gasteiger partial charge in [-0.05, 0) is 30.9 Å². The Morgan fingerprint density at radius 2 is 1.90 bits per heavy atom. The van der Waals surface area contributed by atoms with Crippen molar-refractivity contribution in [2.45, 2.75) is 32.7 Å². The van der Waals surface area contributed by atoms with E-state index in [0.29, 0.717) is 19.1 Å². The molecule has 0 aliphatic rings. The van der Waals surface area contributed by atoms with Crippen LogP contribution in [-0.2, 0) is 17.6 Å². The van der Waals surface area contributed by atoms with Crippen LogP contribution in [0.4, 0.5) is 0 Å². The second-order valence-electron chi connectivity index (χ2n) is 4.69. The Labute approximate surface area is 139 Å². The molecule has 0 heterocycles. The van der Waals surface area contributed by atoms with Crippen LogP contribution in [-0.4, -0.2) is 32.3 Å². The third kappa shape index (κ3) is 7.69. The summed E-state index contributed by atoms with van der Waals surface area (Å²) in [6.07, 6.45) is 1.98. The van der Waals surface area contributed by atoms with Gasteiger partial charge in [0.2, 0.25) is 0 Å². The van der Waals surface area contributed by atoms with Crippen LogP contribution in [0.15, 0.2) is 29.3 Å². The SMILES string of the molecule is CCc1ccc(CCN=C(N)NC(C)COC)cc1.I. The van der Waals surface area contributed by atoms with E-state index in [1.54, 1.807) is 7.11 Å². The third-order valence-electron chi connectivity index (χ3n) is 2.92. The molecule has 0 amide bonds. The standard InChI is InChI=1S/C15H25N3O.HI/c1-4-13-5-7-14(8-6-13)9-10-17-15(16)18-12(2)11-19-3;/h5-8,12H,4,9-11H2,1-3H3,(H3,16,17,18);1H. The van der Waals surface area contributed by atoms with Gasteiger partial charge in [-0.25, -0.2) is 0 Å². The van der Waals surface area contributed by atoms with Crippen LogP contribution in [0.25, 0.3) is 0 Å². The number of rotatable bonds is 7. The zero-order valence-electron chi connectivity index (χ0n) is 12.6. The summed E-state index contributed by atoms with van der Waals surface area (Å²) in [5.41, 5.74) is 8.45. The first kappa shape index (κ1) is 19.2. The van der Waals surface area contributed by atoms with Crippen molar-refractivity contribution in [2.75, 3.05) is 20.3 Å². The van der Waals surface area contributed by atoms with E-state index in [1.165, 1.54) is 11.1 Å². The minimum Gasteiger partial charge on any atom is -0.383 e. The highest BCUT2D eigenvalue weighted by atomic mass is 127. The molecule has 0 fully saturated rings. The van der Waals surface area contributed by atoms with Gasteiger partial charge in [-0.15, -0.1) is 24.0 Å². The van der Waals surface area contributed by atoms with Crippen molar-refractivity contribution >= 4 is 29.9 Å². The average molecular weight is 391 g/mol. The lowest BCUT2D eigenvalue weighted by Crippen LogP contribution is -2.40. The summed E-state index contributed by atoms with van der Waals surface area (Å²) in [6.45, 7) is 5.49. The minimum absolute atomic E-state index is 0. The molecule has 5 heteroatoms. The fourth-order valence-electron chi connectivity index (χ4n) is 1.84. The molecule has 1 atom stereocenters. The van der Waals surface area contributed by atoms with Crippen molar-refractivity contribution in [3.8, 4) is 0 Å². The predicted octanol–water partition coefficient (Wildman–Crippen LogP) is 2.35. The lowest BCUT2D eigenvalue weighted by molar-refractivity contribution is 0.179. The van der Waals surface area contributed by atoms with Crippen LogP contribution >= 0.6 is 24.0 Å². The topological polar surface area (TPSA) is 59.6 Å². The number of ether oxygens (including phenoxy) is 1. The molecule has 4 nitrogen and oxygen atoms in total. The van der Waals surface area contributed by atoms with Gasteiger partial charge in [0, 0.05) is 19.7 Å². The van der Waals surface area contributed by atoms with Crippen LogP contribution in [0.5, 0.6) is 0 Å².